The van der Waals surface area contributed by atoms with E-state index in [2.05, 4.69) is 31.9 Å². The van der Waals surface area contributed by atoms with Crippen molar-refractivity contribution in [3.63, 3.8) is 0 Å². The zero-order chi connectivity index (χ0) is 21.8. The third kappa shape index (κ3) is 5.17. The molecule has 6 nitrogen and oxygen atoms in total. The van der Waals surface area contributed by atoms with Crippen LogP contribution in [0.4, 0.5) is 11.4 Å². The van der Waals surface area contributed by atoms with Crippen LogP contribution in [0.15, 0.2) is 87.8 Å². The van der Waals surface area contributed by atoms with Crippen LogP contribution in [0.1, 0.15) is 20.9 Å². The normalized spacial score (nSPS) is 10.5. The number of thiocarbonyl (C=S) groups is 1. The van der Waals surface area contributed by atoms with Gasteiger partial charge in [-0.3, -0.25) is 14.9 Å². The van der Waals surface area contributed by atoms with Gasteiger partial charge in [0.25, 0.3) is 11.8 Å². The van der Waals surface area contributed by atoms with Gasteiger partial charge >= 0.3 is 0 Å². The Morgan fingerprint density at radius 1 is 0.806 bits per heavy atom. The minimum absolute atomic E-state index is 0.147. The highest BCUT2D eigenvalue weighted by Gasteiger charge is 2.13. The number of amides is 2. The molecule has 0 radical (unpaired) electrons. The molecule has 1 heterocycles. The van der Waals surface area contributed by atoms with Gasteiger partial charge in [-0.25, -0.2) is 0 Å². The van der Waals surface area contributed by atoms with Crippen LogP contribution in [0.25, 0.3) is 11.0 Å². The average Bonchev–Trinajstić information content (AvgIpc) is 3.19. The number of carbonyl (C=O) groups is 2. The third-order valence-corrected chi connectivity index (χ3v) is 5.09. The van der Waals surface area contributed by atoms with Gasteiger partial charge in [-0.15, -0.1) is 0 Å². The van der Waals surface area contributed by atoms with Gasteiger partial charge in [0, 0.05) is 26.8 Å². The Balaban J connectivity index is 1.39. The van der Waals surface area contributed by atoms with Gasteiger partial charge < -0.3 is 15.1 Å². The predicted octanol–water partition coefficient (Wildman–Crippen LogP) is 5.57. The number of nitrogens with one attached hydrogen (secondary N) is 3. The number of rotatable bonds is 4. The largest absolute Gasteiger partial charge is 0.451 e. The standard InChI is InChI=1S/C23H16BrN3O3S/c24-16-10-8-14(9-11-16)21(28)27-23(31)26-18-6-3-5-17(13-18)25-22(29)20-12-15-4-1-2-7-19(15)30-20/h1-13H,(H,25,29)(H2,26,27,28,31). The molecule has 4 rings (SSSR count). The summed E-state index contributed by atoms with van der Waals surface area (Å²) in [5.41, 5.74) is 2.30. The Bertz CT molecular complexity index is 1250. The number of halogens is 1. The van der Waals surface area contributed by atoms with E-state index in [1.54, 1.807) is 60.7 Å². The van der Waals surface area contributed by atoms with Gasteiger partial charge in [0.2, 0.25) is 0 Å². The van der Waals surface area contributed by atoms with Gasteiger partial charge in [0.1, 0.15) is 5.58 Å². The highest BCUT2D eigenvalue weighted by Crippen LogP contribution is 2.21. The van der Waals surface area contributed by atoms with Crippen molar-refractivity contribution in [1.29, 1.82) is 0 Å². The van der Waals surface area contributed by atoms with Crippen molar-refractivity contribution in [1.82, 2.24) is 5.32 Å². The lowest BCUT2D eigenvalue weighted by Gasteiger charge is -2.11. The van der Waals surface area contributed by atoms with Crippen LogP contribution in [0.3, 0.4) is 0 Å². The molecule has 154 valence electrons. The molecule has 0 saturated carbocycles. The summed E-state index contributed by atoms with van der Waals surface area (Å²) in [6.45, 7) is 0. The van der Waals surface area contributed by atoms with Crippen molar-refractivity contribution >= 4 is 67.4 Å². The lowest BCUT2D eigenvalue weighted by Crippen LogP contribution is -2.34. The lowest BCUT2D eigenvalue weighted by atomic mass is 10.2. The van der Waals surface area contributed by atoms with E-state index < -0.39 is 0 Å². The fraction of sp³-hybridized carbons (Fsp3) is 0. The number of anilines is 2. The van der Waals surface area contributed by atoms with E-state index in [1.165, 1.54) is 0 Å². The van der Waals surface area contributed by atoms with Crippen molar-refractivity contribution < 1.29 is 14.0 Å². The Labute approximate surface area is 191 Å². The minimum atomic E-state index is -0.362. The molecule has 0 aliphatic rings. The van der Waals surface area contributed by atoms with Crippen LogP contribution in [0.5, 0.6) is 0 Å². The monoisotopic (exact) mass is 493 g/mol. The number of hydrogen-bond donors (Lipinski definition) is 3. The molecule has 0 atom stereocenters. The summed E-state index contributed by atoms with van der Waals surface area (Å²) in [6, 6.07) is 23.0. The van der Waals surface area contributed by atoms with Crippen molar-refractivity contribution in [3.8, 4) is 0 Å². The summed E-state index contributed by atoms with van der Waals surface area (Å²) in [6.07, 6.45) is 0. The number of para-hydroxylation sites is 1. The zero-order valence-corrected chi connectivity index (χ0v) is 18.4. The Kier molecular flexibility index (Phi) is 6.11. The van der Waals surface area contributed by atoms with Gasteiger partial charge in [-0.2, -0.15) is 0 Å². The fourth-order valence-electron chi connectivity index (χ4n) is 2.90. The summed E-state index contributed by atoms with van der Waals surface area (Å²) in [5, 5.41) is 9.37. The molecule has 2 amide bonds. The van der Waals surface area contributed by atoms with Crippen molar-refractivity contribution in [2.75, 3.05) is 10.6 Å². The van der Waals surface area contributed by atoms with Crippen molar-refractivity contribution in [3.05, 3.63) is 94.7 Å². The molecule has 8 heteroatoms. The highest BCUT2D eigenvalue weighted by molar-refractivity contribution is 9.10. The minimum Gasteiger partial charge on any atom is -0.451 e. The van der Waals surface area contributed by atoms with E-state index >= 15 is 0 Å². The van der Waals surface area contributed by atoms with Gasteiger partial charge in [-0.05, 0) is 66.8 Å². The van der Waals surface area contributed by atoms with Crippen LogP contribution >= 0.6 is 28.1 Å². The second-order valence-electron chi connectivity index (χ2n) is 6.60. The molecule has 4 aromatic rings. The topological polar surface area (TPSA) is 83.4 Å². The van der Waals surface area contributed by atoms with E-state index in [-0.39, 0.29) is 22.7 Å². The maximum Gasteiger partial charge on any atom is 0.291 e. The molecule has 0 fully saturated rings. The lowest BCUT2D eigenvalue weighted by molar-refractivity contribution is 0.0975. The molecule has 3 N–H and O–H groups in total. The summed E-state index contributed by atoms with van der Waals surface area (Å²) < 4.78 is 6.47. The Morgan fingerprint density at radius 3 is 2.26 bits per heavy atom. The Hall–Kier alpha value is -3.49. The predicted molar refractivity (Wildman–Crippen MR) is 128 cm³/mol. The van der Waals surface area contributed by atoms with Gasteiger partial charge in [-0.1, -0.05) is 40.2 Å². The molecule has 0 bridgehead atoms. The molecule has 0 spiro atoms. The maximum atomic E-state index is 12.5. The first kappa shape index (κ1) is 20.8. The number of furan rings is 1. The molecule has 1 aromatic heterocycles. The summed E-state index contributed by atoms with van der Waals surface area (Å²) >= 11 is 8.56. The second-order valence-corrected chi connectivity index (χ2v) is 7.92. The van der Waals surface area contributed by atoms with Crippen molar-refractivity contribution in [2.45, 2.75) is 0 Å². The first-order valence-electron chi connectivity index (χ1n) is 9.26. The van der Waals surface area contributed by atoms with Crippen LogP contribution in [-0.4, -0.2) is 16.9 Å². The molecule has 3 aromatic carbocycles. The summed E-state index contributed by atoms with van der Waals surface area (Å²) in [5.74, 6) is -0.462. The average molecular weight is 494 g/mol. The number of fused-ring (bicyclic) bond motifs is 1. The first-order valence-corrected chi connectivity index (χ1v) is 10.5. The molecule has 0 aliphatic carbocycles. The van der Waals surface area contributed by atoms with Crippen LogP contribution in [0.2, 0.25) is 0 Å². The van der Waals surface area contributed by atoms with E-state index in [4.69, 9.17) is 16.6 Å². The zero-order valence-electron chi connectivity index (χ0n) is 16.0. The molecule has 0 saturated heterocycles. The van der Waals surface area contributed by atoms with E-state index in [0.717, 1.165) is 9.86 Å². The molecule has 31 heavy (non-hydrogen) atoms. The number of carbonyl (C=O) groups excluding carboxylic acids is 2. The molecule has 0 unspecified atom stereocenters. The van der Waals surface area contributed by atoms with E-state index in [1.807, 2.05) is 18.2 Å². The van der Waals surface area contributed by atoms with Crippen molar-refractivity contribution in [2.24, 2.45) is 0 Å². The third-order valence-electron chi connectivity index (χ3n) is 4.36. The highest BCUT2D eigenvalue weighted by atomic mass is 79.9. The quantitative estimate of drug-likeness (QED) is 0.323. The van der Waals surface area contributed by atoms with Crippen LogP contribution in [0, 0.1) is 0 Å². The maximum absolute atomic E-state index is 12.5. The smallest absolute Gasteiger partial charge is 0.291 e. The van der Waals surface area contributed by atoms with Crippen LogP contribution < -0.4 is 16.0 Å². The van der Waals surface area contributed by atoms with E-state index in [9.17, 15) is 9.59 Å². The Morgan fingerprint density at radius 2 is 1.52 bits per heavy atom. The SMILES string of the molecule is O=C(NC(=S)Nc1cccc(NC(=O)c2cc3ccccc3o2)c1)c1ccc(Br)cc1. The first-order chi connectivity index (χ1) is 15.0. The van der Waals surface area contributed by atoms with Gasteiger partial charge in [0.05, 0.1) is 0 Å². The molecule has 0 aliphatic heterocycles. The summed E-state index contributed by atoms with van der Waals surface area (Å²) in [7, 11) is 0. The number of hydrogen-bond acceptors (Lipinski definition) is 4. The molecular weight excluding hydrogens is 478 g/mol. The fourth-order valence-corrected chi connectivity index (χ4v) is 3.37. The second kappa shape index (κ2) is 9.11. The number of benzene rings is 3. The van der Waals surface area contributed by atoms with Crippen LogP contribution in [-0.2, 0) is 0 Å². The van der Waals surface area contributed by atoms with E-state index in [0.29, 0.717) is 22.5 Å². The molecular formula is C23H16BrN3O3S. The van der Waals surface area contributed by atoms with Gasteiger partial charge in [0.15, 0.2) is 10.9 Å². The summed E-state index contributed by atoms with van der Waals surface area (Å²) in [4.78, 5) is 24.8.